The molecule has 0 saturated carbocycles. The first-order valence-electron chi connectivity index (χ1n) is 9.45. The average Bonchev–Trinajstić information content (AvgIpc) is 3.38. The monoisotopic (exact) mass is 398 g/mol. The molecule has 1 fully saturated rings. The van der Waals surface area contributed by atoms with Crippen LogP contribution < -0.4 is 0 Å². The molecule has 1 atom stereocenters. The van der Waals surface area contributed by atoms with Crippen LogP contribution >= 0.6 is 11.3 Å². The largest absolute Gasteiger partial charge is 0.339 e. The van der Waals surface area contributed by atoms with Gasteiger partial charge in [0.25, 0.3) is 5.91 Å². The van der Waals surface area contributed by atoms with Gasteiger partial charge in [-0.05, 0) is 24.8 Å². The molecule has 3 aromatic rings. The third-order valence-electron chi connectivity index (χ3n) is 4.61. The lowest BCUT2D eigenvalue weighted by Gasteiger charge is -2.30. The van der Waals surface area contributed by atoms with Crippen LogP contribution in [0.4, 0.5) is 0 Å². The van der Waals surface area contributed by atoms with Crippen LogP contribution in [0.5, 0.6) is 0 Å². The maximum Gasteiger partial charge on any atom is 0.273 e. The number of carbonyl (C=O) groups excluding carboxylic acids is 1. The number of piperidine rings is 1. The molecule has 0 aliphatic carbocycles. The van der Waals surface area contributed by atoms with Crippen molar-refractivity contribution in [1.29, 1.82) is 0 Å². The Hall–Kier alpha value is -2.68. The number of rotatable bonds is 5. The van der Waals surface area contributed by atoms with Crippen molar-refractivity contribution in [3.05, 3.63) is 41.2 Å². The van der Waals surface area contributed by atoms with Gasteiger partial charge in [0.2, 0.25) is 5.89 Å². The molecule has 28 heavy (non-hydrogen) atoms. The summed E-state index contributed by atoms with van der Waals surface area (Å²) in [6.45, 7) is 5.52. The van der Waals surface area contributed by atoms with E-state index in [1.54, 1.807) is 23.8 Å². The van der Waals surface area contributed by atoms with Crippen molar-refractivity contribution < 1.29 is 9.32 Å². The Bertz CT molecular complexity index is 939. The topological polar surface area (TPSA) is 97.9 Å². The summed E-state index contributed by atoms with van der Waals surface area (Å²) in [4.78, 5) is 32.1. The summed E-state index contributed by atoms with van der Waals surface area (Å²) in [6.07, 6.45) is 5.96. The lowest BCUT2D eigenvalue weighted by molar-refractivity contribution is 0.0690. The number of amides is 1. The summed E-state index contributed by atoms with van der Waals surface area (Å²) >= 11 is 1.38. The van der Waals surface area contributed by atoms with Crippen LogP contribution in [0.25, 0.3) is 10.8 Å². The summed E-state index contributed by atoms with van der Waals surface area (Å²) in [5.41, 5.74) is 0.430. The van der Waals surface area contributed by atoms with Gasteiger partial charge in [-0.2, -0.15) is 4.98 Å². The van der Waals surface area contributed by atoms with E-state index in [1.807, 2.05) is 4.90 Å². The van der Waals surface area contributed by atoms with Gasteiger partial charge in [-0.15, -0.1) is 11.3 Å². The fraction of sp³-hybridized carbons (Fsp3) is 0.474. The number of likely N-dealkylation sites (tertiary alicyclic amines) is 1. The highest BCUT2D eigenvalue weighted by atomic mass is 32.1. The van der Waals surface area contributed by atoms with E-state index in [9.17, 15) is 4.79 Å². The van der Waals surface area contributed by atoms with E-state index >= 15 is 0 Å². The molecule has 1 aliphatic heterocycles. The molecule has 3 aromatic heterocycles. The van der Waals surface area contributed by atoms with Crippen LogP contribution in [0.1, 0.15) is 54.8 Å². The Morgan fingerprint density at radius 3 is 2.93 bits per heavy atom. The van der Waals surface area contributed by atoms with Crippen LogP contribution in [-0.2, 0) is 6.42 Å². The summed E-state index contributed by atoms with van der Waals surface area (Å²) in [5, 5.41) is 6.50. The molecule has 1 saturated heterocycles. The van der Waals surface area contributed by atoms with Gasteiger partial charge in [-0.3, -0.25) is 4.79 Å². The molecule has 4 rings (SSSR count). The highest BCUT2D eigenvalue weighted by molar-refractivity contribution is 7.13. The summed E-state index contributed by atoms with van der Waals surface area (Å²) < 4.78 is 5.47. The average molecular weight is 398 g/mol. The SMILES string of the molecule is CC(C)Cc1noc(C2CCCN(C(=O)c3csc(-c4ncccn4)n3)C2)n1. The third kappa shape index (κ3) is 4.09. The summed E-state index contributed by atoms with van der Waals surface area (Å²) in [6, 6.07) is 1.75. The molecule has 1 amide bonds. The number of nitrogens with zero attached hydrogens (tertiary/aromatic N) is 6. The van der Waals surface area contributed by atoms with Gasteiger partial charge < -0.3 is 9.42 Å². The van der Waals surface area contributed by atoms with Crippen LogP contribution in [-0.4, -0.2) is 49.0 Å². The van der Waals surface area contributed by atoms with Crippen LogP contribution in [0.2, 0.25) is 0 Å². The van der Waals surface area contributed by atoms with Crippen molar-refractivity contribution in [3.8, 4) is 10.8 Å². The first kappa shape index (κ1) is 18.7. The Labute approximate surface area is 167 Å². The maximum absolute atomic E-state index is 12.9. The number of hydrogen-bond donors (Lipinski definition) is 0. The van der Waals surface area contributed by atoms with Crippen molar-refractivity contribution in [2.24, 2.45) is 5.92 Å². The lowest BCUT2D eigenvalue weighted by atomic mass is 9.97. The second-order valence-corrected chi connectivity index (χ2v) is 8.21. The molecule has 9 heteroatoms. The van der Waals surface area contributed by atoms with E-state index in [-0.39, 0.29) is 11.8 Å². The van der Waals surface area contributed by atoms with Crippen molar-refractivity contribution in [1.82, 2.24) is 30.0 Å². The minimum Gasteiger partial charge on any atom is -0.339 e. The number of carbonyl (C=O) groups is 1. The molecule has 0 radical (unpaired) electrons. The Morgan fingerprint density at radius 1 is 1.32 bits per heavy atom. The number of thiazole rings is 1. The molecular weight excluding hydrogens is 376 g/mol. The highest BCUT2D eigenvalue weighted by Gasteiger charge is 2.30. The molecule has 0 N–H and O–H groups in total. The van der Waals surface area contributed by atoms with Crippen LogP contribution in [0.15, 0.2) is 28.4 Å². The van der Waals surface area contributed by atoms with Gasteiger partial charge in [0.15, 0.2) is 16.7 Å². The van der Waals surface area contributed by atoms with Crippen LogP contribution in [0.3, 0.4) is 0 Å². The van der Waals surface area contributed by atoms with Gasteiger partial charge in [0.05, 0.1) is 5.92 Å². The fourth-order valence-corrected chi connectivity index (χ4v) is 4.03. The standard InChI is InChI=1S/C19H22N6O2S/c1-12(2)9-15-23-17(27-24-15)13-5-3-8-25(10-13)19(26)14-11-28-18(22-14)16-20-6-4-7-21-16/h4,6-7,11-13H,3,5,8-10H2,1-2H3. The summed E-state index contributed by atoms with van der Waals surface area (Å²) in [5.74, 6) is 2.37. The molecule has 1 unspecified atom stereocenters. The van der Waals surface area contributed by atoms with E-state index in [0.29, 0.717) is 41.4 Å². The number of hydrogen-bond acceptors (Lipinski definition) is 8. The van der Waals surface area contributed by atoms with E-state index in [2.05, 4.69) is 38.9 Å². The van der Waals surface area contributed by atoms with E-state index in [0.717, 1.165) is 25.1 Å². The first-order chi connectivity index (χ1) is 13.6. The quantitative estimate of drug-likeness (QED) is 0.651. The molecule has 4 heterocycles. The second-order valence-electron chi connectivity index (χ2n) is 7.35. The third-order valence-corrected chi connectivity index (χ3v) is 5.45. The molecule has 1 aliphatic rings. The minimum absolute atomic E-state index is 0.0710. The van der Waals surface area contributed by atoms with Gasteiger partial charge in [-0.25, -0.2) is 15.0 Å². The fourth-order valence-electron chi connectivity index (χ4n) is 3.29. The predicted octanol–water partition coefficient (Wildman–Crippen LogP) is 3.20. The maximum atomic E-state index is 12.9. The normalized spacial score (nSPS) is 17.2. The number of aromatic nitrogens is 5. The molecule has 0 bridgehead atoms. The zero-order chi connectivity index (χ0) is 19.5. The molecular formula is C19H22N6O2S. The lowest BCUT2D eigenvalue weighted by Crippen LogP contribution is -2.39. The Balaban J connectivity index is 1.45. The zero-order valence-corrected chi connectivity index (χ0v) is 16.7. The van der Waals surface area contributed by atoms with Crippen molar-refractivity contribution in [2.45, 2.75) is 39.0 Å². The first-order valence-corrected chi connectivity index (χ1v) is 10.3. The molecule has 0 spiro atoms. The highest BCUT2D eigenvalue weighted by Crippen LogP contribution is 2.28. The molecule has 8 nitrogen and oxygen atoms in total. The van der Waals surface area contributed by atoms with Crippen molar-refractivity contribution >= 4 is 17.2 Å². The van der Waals surface area contributed by atoms with Gasteiger partial charge >= 0.3 is 0 Å². The Kier molecular flexibility index (Phi) is 5.43. The van der Waals surface area contributed by atoms with E-state index in [1.165, 1.54) is 11.3 Å². The summed E-state index contributed by atoms with van der Waals surface area (Å²) in [7, 11) is 0. The zero-order valence-electron chi connectivity index (χ0n) is 15.9. The van der Waals surface area contributed by atoms with E-state index < -0.39 is 0 Å². The smallest absolute Gasteiger partial charge is 0.273 e. The Morgan fingerprint density at radius 2 is 2.14 bits per heavy atom. The predicted molar refractivity (Wildman–Crippen MR) is 104 cm³/mol. The van der Waals surface area contributed by atoms with E-state index in [4.69, 9.17) is 4.52 Å². The second kappa shape index (κ2) is 8.14. The van der Waals surface area contributed by atoms with Crippen molar-refractivity contribution in [3.63, 3.8) is 0 Å². The molecule has 0 aromatic carbocycles. The van der Waals surface area contributed by atoms with Gasteiger partial charge in [-0.1, -0.05) is 19.0 Å². The van der Waals surface area contributed by atoms with Gasteiger partial charge in [0.1, 0.15) is 5.69 Å². The van der Waals surface area contributed by atoms with Crippen LogP contribution in [0, 0.1) is 5.92 Å². The minimum atomic E-state index is -0.0787. The van der Waals surface area contributed by atoms with Gasteiger partial charge in [0, 0.05) is 37.3 Å². The molecule has 146 valence electrons. The van der Waals surface area contributed by atoms with Crippen molar-refractivity contribution in [2.75, 3.05) is 13.1 Å².